The Morgan fingerprint density at radius 1 is 1.00 bits per heavy atom. The van der Waals surface area contributed by atoms with Crippen LogP contribution in [-0.4, -0.2) is 46.8 Å². The molecule has 0 spiro atoms. The largest absolute Gasteiger partial charge is 0.329 e. The second-order valence-corrected chi connectivity index (χ2v) is 6.69. The molecule has 112 valence electrons. The predicted octanol–water partition coefficient (Wildman–Crippen LogP) is 2.18. The first-order valence-electron chi connectivity index (χ1n) is 8.29. The van der Waals surface area contributed by atoms with Crippen molar-refractivity contribution in [2.75, 3.05) is 13.1 Å². The van der Waals surface area contributed by atoms with Crippen LogP contribution < -0.4 is 0 Å². The molecule has 1 saturated carbocycles. The van der Waals surface area contributed by atoms with E-state index < -0.39 is 0 Å². The molecule has 3 rings (SSSR count). The lowest BCUT2D eigenvalue weighted by atomic mass is 9.86. The van der Waals surface area contributed by atoms with Gasteiger partial charge < -0.3 is 9.80 Å². The van der Waals surface area contributed by atoms with Gasteiger partial charge in [0.05, 0.1) is 0 Å². The average molecular weight is 278 g/mol. The van der Waals surface area contributed by atoms with Gasteiger partial charge in [-0.1, -0.05) is 32.1 Å². The number of nitrogens with zero attached hydrogens (tertiary/aromatic N) is 2. The molecule has 2 atom stereocenters. The van der Waals surface area contributed by atoms with Gasteiger partial charge in [0.25, 0.3) is 0 Å². The summed E-state index contributed by atoms with van der Waals surface area (Å²) >= 11 is 0. The molecular weight excluding hydrogens is 252 g/mol. The molecule has 2 aliphatic heterocycles. The maximum Gasteiger partial charge on any atom is 0.246 e. The lowest BCUT2D eigenvalue weighted by Crippen LogP contribution is -2.62. The molecule has 2 amide bonds. The highest BCUT2D eigenvalue weighted by molar-refractivity contribution is 5.97. The minimum atomic E-state index is -0.250. The van der Waals surface area contributed by atoms with Crippen LogP contribution >= 0.6 is 0 Å². The Bertz CT molecular complexity index is 390. The smallest absolute Gasteiger partial charge is 0.246 e. The lowest BCUT2D eigenvalue weighted by Gasteiger charge is -2.41. The molecule has 0 aromatic carbocycles. The van der Waals surface area contributed by atoms with E-state index in [4.69, 9.17) is 0 Å². The predicted molar refractivity (Wildman–Crippen MR) is 77.1 cm³/mol. The number of carbonyl (C=O) groups is 2. The molecule has 4 heteroatoms. The summed E-state index contributed by atoms with van der Waals surface area (Å²) in [5.41, 5.74) is 0. The summed E-state index contributed by atoms with van der Waals surface area (Å²) < 4.78 is 0. The zero-order valence-electron chi connectivity index (χ0n) is 12.5. The fraction of sp³-hybridized carbons (Fsp3) is 0.875. The van der Waals surface area contributed by atoms with Crippen LogP contribution in [0.5, 0.6) is 0 Å². The third-order valence-corrected chi connectivity index (χ3v) is 5.43. The molecule has 0 radical (unpaired) electrons. The van der Waals surface area contributed by atoms with Crippen molar-refractivity contribution in [2.45, 2.75) is 70.4 Å². The zero-order chi connectivity index (χ0) is 14.1. The Morgan fingerprint density at radius 3 is 2.50 bits per heavy atom. The monoisotopic (exact) mass is 278 g/mol. The number of hydrogen-bond donors (Lipinski definition) is 0. The highest BCUT2D eigenvalue weighted by Gasteiger charge is 2.45. The van der Waals surface area contributed by atoms with Crippen LogP contribution in [0.2, 0.25) is 0 Å². The first kappa shape index (κ1) is 13.9. The summed E-state index contributed by atoms with van der Waals surface area (Å²) in [5, 5.41) is 0. The number of hydrogen-bond acceptors (Lipinski definition) is 2. The summed E-state index contributed by atoms with van der Waals surface area (Å²) in [6, 6.07) is -0.398. The van der Waals surface area contributed by atoms with Crippen LogP contribution in [0.4, 0.5) is 0 Å². The number of carbonyl (C=O) groups excluding carboxylic acids is 2. The van der Waals surface area contributed by atoms with E-state index in [9.17, 15) is 9.59 Å². The Labute approximate surface area is 121 Å². The topological polar surface area (TPSA) is 40.6 Å². The van der Waals surface area contributed by atoms with Crippen molar-refractivity contribution >= 4 is 11.8 Å². The van der Waals surface area contributed by atoms with Gasteiger partial charge in [-0.15, -0.1) is 0 Å². The highest BCUT2D eigenvalue weighted by Crippen LogP contribution is 2.30. The van der Waals surface area contributed by atoms with Gasteiger partial charge in [-0.25, -0.2) is 0 Å². The molecule has 20 heavy (non-hydrogen) atoms. The van der Waals surface area contributed by atoms with Gasteiger partial charge in [-0.05, 0) is 32.1 Å². The minimum Gasteiger partial charge on any atom is -0.329 e. The third-order valence-electron chi connectivity index (χ3n) is 5.43. The van der Waals surface area contributed by atoms with E-state index in [0.29, 0.717) is 0 Å². The number of fused-ring (bicyclic) bond motifs is 1. The summed E-state index contributed by atoms with van der Waals surface area (Å²) in [4.78, 5) is 28.6. The van der Waals surface area contributed by atoms with E-state index in [1.807, 2.05) is 16.7 Å². The van der Waals surface area contributed by atoms with Crippen molar-refractivity contribution in [3.8, 4) is 0 Å². The van der Waals surface area contributed by atoms with Crippen molar-refractivity contribution in [2.24, 2.45) is 5.92 Å². The van der Waals surface area contributed by atoms with Crippen LogP contribution in [0.1, 0.15) is 58.3 Å². The van der Waals surface area contributed by atoms with E-state index in [1.54, 1.807) is 0 Å². The maximum atomic E-state index is 12.6. The standard InChI is InChI=1S/C16H26N2O2/c1-12-15(19)18-10-5-8-14(18)16(20)17(12)11-9-13-6-3-2-4-7-13/h12-14H,2-11H2,1H3. The van der Waals surface area contributed by atoms with Crippen molar-refractivity contribution in [1.82, 2.24) is 9.80 Å². The van der Waals surface area contributed by atoms with Gasteiger partial charge in [0.15, 0.2) is 0 Å². The molecule has 2 unspecified atom stereocenters. The number of rotatable bonds is 3. The Balaban J connectivity index is 1.62. The summed E-state index contributed by atoms with van der Waals surface area (Å²) in [6.07, 6.45) is 9.57. The van der Waals surface area contributed by atoms with E-state index >= 15 is 0 Å². The van der Waals surface area contributed by atoms with Crippen LogP contribution in [-0.2, 0) is 9.59 Å². The van der Waals surface area contributed by atoms with Crippen LogP contribution in [0, 0.1) is 5.92 Å². The molecule has 3 fully saturated rings. The fourth-order valence-corrected chi connectivity index (χ4v) is 4.14. The van der Waals surface area contributed by atoms with Gasteiger partial charge in [0.2, 0.25) is 11.8 Å². The summed E-state index contributed by atoms with van der Waals surface area (Å²) in [6.45, 7) is 3.45. The Hall–Kier alpha value is -1.06. The molecule has 0 N–H and O–H groups in total. The summed E-state index contributed by atoms with van der Waals surface area (Å²) in [7, 11) is 0. The van der Waals surface area contributed by atoms with Gasteiger partial charge >= 0.3 is 0 Å². The third kappa shape index (κ3) is 2.45. The zero-order valence-corrected chi connectivity index (χ0v) is 12.5. The van der Waals surface area contributed by atoms with Gasteiger partial charge in [0.1, 0.15) is 12.1 Å². The normalized spacial score (nSPS) is 31.9. The van der Waals surface area contributed by atoms with E-state index in [-0.39, 0.29) is 23.9 Å². The SMILES string of the molecule is CC1C(=O)N2CCCC2C(=O)N1CCC1CCCCC1. The van der Waals surface area contributed by atoms with E-state index in [1.165, 1.54) is 32.1 Å². The van der Waals surface area contributed by atoms with Gasteiger partial charge in [-0.2, -0.15) is 0 Å². The second kappa shape index (κ2) is 5.74. The Morgan fingerprint density at radius 2 is 1.75 bits per heavy atom. The number of amides is 2. The molecular formula is C16H26N2O2. The molecule has 3 aliphatic rings. The first-order chi connectivity index (χ1) is 9.68. The van der Waals surface area contributed by atoms with Crippen molar-refractivity contribution in [3.05, 3.63) is 0 Å². The van der Waals surface area contributed by atoms with Crippen LogP contribution in [0.25, 0.3) is 0 Å². The second-order valence-electron chi connectivity index (χ2n) is 6.69. The van der Waals surface area contributed by atoms with Gasteiger partial charge in [0, 0.05) is 13.1 Å². The number of piperazine rings is 1. The van der Waals surface area contributed by atoms with Crippen LogP contribution in [0.3, 0.4) is 0 Å². The van der Waals surface area contributed by atoms with E-state index in [2.05, 4.69) is 0 Å². The highest BCUT2D eigenvalue weighted by atomic mass is 16.2. The van der Waals surface area contributed by atoms with Crippen molar-refractivity contribution < 1.29 is 9.59 Å². The molecule has 0 aromatic rings. The molecule has 0 aromatic heterocycles. The van der Waals surface area contributed by atoms with Crippen molar-refractivity contribution in [1.29, 1.82) is 0 Å². The van der Waals surface area contributed by atoms with Crippen LogP contribution in [0.15, 0.2) is 0 Å². The van der Waals surface area contributed by atoms with Crippen molar-refractivity contribution in [3.63, 3.8) is 0 Å². The molecule has 4 nitrogen and oxygen atoms in total. The molecule has 2 saturated heterocycles. The lowest BCUT2D eigenvalue weighted by molar-refractivity contribution is -0.158. The van der Waals surface area contributed by atoms with Gasteiger partial charge in [-0.3, -0.25) is 9.59 Å². The first-order valence-corrected chi connectivity index (χ1v) is 8.29. The molecule has 2 heterocycles. The summed E-state index contributed by atoms with van der Waals surface area (Å²) in [5.74, 6) is 1.13. The maximum absolute atomic E-state index is 12.6. The Kier molecular flexibility index (Phi) is 3.99. The minimum absolute atomic E-state index is 0.148. The quantitative estimate of drug-likeness (QED) is 0.794. The van der Waals surface area contributed by atoms with E-state index in [0.717, 1.165) is 38.3 Å². The average Bonchev–Trinajstić information content (AvgIpc) is 2.96. The fourth-order valence-electron chi connectivity index (χ4n) is 4.14. The molecule has 0 bridgehead atoms. The molecule has 1 aliphatic carbocycles.